The number of amidine groups is 2. The quantitative estimate of drug-likeness (QED) is 0.317. The molecule has 72 valence electrons. The highest BCUT2D eigenvalue weighted by Crippen LogP contribution is 2.01. The van der Waals surface area contributed by atoms with Crippen molar-refractivity contribution in [2.75, 3.05) is 12.8 Å². The molecule has 0 rings (SSSR count). The standard InChI is InChI=1S/C8H13N3OS/c1-4-10-8(13-3)11-7(9)6(2)5-12/h5H,2,4H2,1,3H3,(H2,9,10,11). The first-order valence-electron chi connectivity index (χ1n) is 3.72. The molecule has 0 aromatic rings. The molecule has 0 saturated carbocycles. The number of carbonyl (C=O) groups is 1. The molecule has 0 radical (unpaired) electrons. The Kier molecular flexibility index (Phi) is 5.88. The number of rotatable bonds is 3. The zero-order chi connectivity index (χ0) is 10.3. The molecule has 0 unspecified atom stereocenters. The van der Waals surface area contributed by atoms with Crippen LogP contribution >= 0.6 is 11.8 Å². The number of nitrogens with zero attached hydrogens (tertiary/aromatic N) is 2. The van der Waals surface area contributed by atoms with Gasteiger partial charge in [0.05, 0.1) is 0 Å². The van der Waals surface area contributed by atoms with E-state index in [2.05, 4.69) is 16.6 Å². The first kappa shape index (κ1) is 11.9. The van der Waals surface area contributed by atoms with E-state index in [1.54, 1.807) is 0 Å². The number of nitrogens with two attached hydrogens (primary N) is 1. The lowest BCUT2D eigenvalue weighted by molar-refractivity contribution is -0.104. The van der Waals surface area contributed by atoms with Gasteiger partial charge in [0.1, 0.15) is 5.84 Å². The maximum atomic E-state index is 10.3. The number of thioether (sulfide) groups is 1. The Bertz CT molecular complexity index is 258. The minimum absolute atomic E-state index is 0.122. The fraction of sp³-hybridized carbons (Fsp3) is 0.375. The average molecular weight is 199 g/mol. The molecular weight excluding hydrogens is 186 g/mol. The van der Waals surface area contributed by atoms with Gasteiger partial charge in [-0.25, -0.2) is 4.99 Å². The number of aldehydes is 1. The van der Waals surface area contributed by atoms with Crippen LogP contribution in [0.2, 0.25) is 0 Å². The third kappa shape index (κ3) is 4.47. The highest BCUT2D eigenvalue weighted by molar-refractivity contribution is 8.13. The monoisotopic (exact) mass is 199 g/mol. The Morgan fingerprint density at radius 3 is 2.69 bits per heavy atom. The van der Waals surface area contributed by atoms with Crippen LogP contribution in [0.25, 0.3) is 0 Å². The van der Waals surface area contributed by atoms with Gasteiger partial charge in [-0.3, -0.25) is 9.79 Å². The maximum Gasteiger partial charge on any atom is 0.184 e. The third-order valence-corrected chi connectivity index (χ3v) is 1.75. The van der Waals surface area contributed by atoms with E-state index >= 15 is 0 Å². The predicted molar refractivity (Wildman–Crippen MR) is 58.3 cm³/mol. The van der Waals surface area contributed by atoms with E-state index in [-0.39, 0.29) is 11.4 Å². The zero-order valence-electron chi connectivity index (χ0n) is 7.78. The van der Waals surface area contributed by atoms with E-state index < -0.39 is 0 Å². The molecular formula is C8H13N3OS. The van der Waals surface area contributed by atoms with Crippen LogP contribution in [0, 0.1) is 0 Å². The Balaban J connectivity index is 4.60. The summed E-state index contributed by atoms with van der Waals surface area (Å²) in [6, 6.07) is 0. The van der Waals surface area contributed by atoms with Crippen molar-refractivity contribution in [1.29, 1.82) is 0 Å². The first-order chi connectivity index (χ1) is 6.15. The summed E-state index contributed by atoms with van der Waals surface area (Å²) < 4.78 is 0. The van der Waals surface area contributed by atoms with Crippen molar-refractivity contribution < 1.29 is 4.79 Å². The number of carbonyl (C=O) groups excluding carboxylic acids is 1. The van der Waals surface area contributed by atoms with Crippen molar-refractivity contribution >= 4 is 29.1 Å². The van der Waals surface area contributed by atoms with E-state index in [4.69, 9.17) is 5.73 Å². The first-order valence-corrected chi connectivity index (χ1v) is 4.95. The van der Waals surface area contributed by atoms with Crippen LogP contribution in [0.15, 0.2) is 22.1 Å². The molecule has 5 heteroatoms. The highest BCUT2D eigenvalue weighted by Gasteiger charge is 1.99. The van der Waals surface area contributed by atoms with Crippen molar-refractivity contribution in [3.8, 4) is 0 Å². The molecule has 2 N–H and O–H groups in total. The normalized spacial score (nSPS) is 12.8. The Morgan fingerprint density at radius 2 is 2.31 bits per heavy atom. The van der Waals surface area contributed by atoms with Crippen molar-refractivity contribution in [2.24, 2.45) is 15.7 Å². The van der Waals surface area contributed by atoms with Gasteiger partial charge in [-0.2, -0.15) is 0 Å². The lowest BCUT2D eigenvalue weighted by Gasteiger charge is -1.98. The van der Waals surface area contributed by atoms with Crippen molar-refractivity contribution in [3.05, 3.63) is 12.2 Å². The number of hydrogen-bond donors (Lipinski definition) is 1. The second-order valence-electron chi connectivity index (χ2n) is 2.10. The fourth-order valence-electron chi connectivity index (χ4n) is 0.516. The molecule has 0 amide bonds. The van der Waals surface area contributed by atoms with Crippen molar-refractivity contribution in [1.82, 2.24) is 0 Å². The molecule has 0 aromatic carbocycles. The van der Waals surface area contributed by atoms with Gasteiger partial charge < -0.3 is 5.73 Å². The van der Waals surface area contributed by atoms with E-state index in [1.807, 2.05) is 13.2 Å². The van der Waals surface area contributed by atoms with E-state index in [1.165, 1.54) is 11.8 Å². The van der Waals surface area contributed by atoms with E-state index in [0.717, 1.165) is 0 Å². The lowest BCUT2D eigenvalue weighted by atomic mass is 10.3. The third-order valence-electron chi connectivity index (χ3n) is 1.16. The van der Waals surface area contributed by atoms with Gasteiger partial charge in [0.15, 0.2) is 11.5 Å². The van der Waals surface area contributed by atoms with Gasteiger partial charge in [-0.15, -0.1) is 0 Å². The molecule has 0 bridgehead atoms. The van der Waals surface area contributed by atoms with Crippen LogP contribution < -0.4 is 5.73 Å². The summed E-state index contributed by atoms with van der Waals surface area (Å²) in [6.07, 6.45) is 2.41. The summed E-state index contributed by atoms with van der Waals surface area (Å²) in [4.78, 5) is 18.3. The number of hydrogen-bond acceptors (Lipinski definition) is 3. The van der Waals surface area contributed by atoms with Gasteiger partial charge in [-0.05, 0) is 13.2 Å². The van der Waals surface area contributed by atoms with Crippen LogP contribution in [0.5, 0.6) is 0 Å². The molecule has 0 saturated heterocycles. The second kappa shape index (κ2) is 6.42. The minimum Gasteiger partial charge on any atom is -0.383 e. The summed E-state index contributed by atoms with van der Waals surface area (Å²) >= 11 is 1.38. The predicted octanol–water partition coefficient (Wildman–Crippen LogP) is 0.838. The van der Waals surface area contributed by atoms with Gasteiger partial charge in [-0.1, -0.05) is 18.3 Å². The van der Waals surface area contributed by atoms with Crippen LogP contribution in [0.1, 0.15) is 6.92 Å². The second-order valence-corrected chi connectivity index (χ2v) is 2.87. The highest BCUT2D eigenvalue weighted by atomic mass is 32.2. The average Bonchev–Trinajstić information content (AvgIpc) is 2.15. The summed E-state index contributed by atoms with van der Waals surface area (Å²) in [5, 5.41) is 0.558. The number of aliphatic imine (C=N–C) groups is 2. The zero-order valence-corrected chi connectivity index (χ0v) is 8.60. The molecule has 0 aliphatic heterocycles. The lowest BCUT2D eigenvalue weighted by Crippen LogP contribution is -2.16. The molecule has 0 atom stereocenters. The molecule has 13 heavy (non-hydrogen) atoms. The molecule has 0 spiro atoms. The molecule has 0 aromatic heterocycles. The molecule has 0 heterocycles. The van der Waals surface area contributed by atoms with Crippen LogP contribution in [0.4, 0.5) is 0 Å². The van der Waals surface area contributed by atoms with Crippen molar-refractivity contribution in [2.45, 2.75) is 6.92 Å². The van der Waals surface area contributed by atoms with Gasteiger partial charge in [0.2, 0.25) is 0 Å². The summed E-state index contributed by atoms with van der Waals surface area (Å²) in [6.45, 7) is 5.97. The van der Waals surface area contributed by atoms with Gasteiger partial charge in [0.25, 0.3) is 0 Å². The topological polar surface area (TPSA) is 67.8 Å². The van der Waals surface area contributed by atoms with Gasteiger partial charge >= 0.3 is 0 Å². The Hall–Kier alpha value is -1.10. The Labute approximate surface area is 82.0 Å². The summed E-state index contributed by atoms with van der Waals surface area (Å²) in [5.41, 5.74) is 5.64. The summed E-state index contributed by atoms with van der Waals surface area (Å²) in [5.74, 6) is 0.122. The van der Waals surface area contributed by atoms with Crippen LogP contribution in [0.3, 0.4) is 0 Å². The molecule has 0 aliphatic carbocycles. The molecule has 0 aliphatic rings. The summed E-state index contributed by atoms with van der Waals surface area (Å²) in [7, 11) is 0. The largest absolute Gasteiger partial charge is 0.383 e. The maximum absolute atomic E-state index is 10.3. The fourth-order valence-corrected chi connectivity index (χ4v) is 0.964. The van der Waals surface area contributed by atoms with Crippen LogP contribution in [-0.2, 0) is 4.79 Å². The molecule has 4 nitrogen and oxygen atoms in total. The van der Waals surface area contributed by atoms with Crippen LogP contribution in [-0.4, -0.2) is 30.1 Å². The van der Waals surface area contributed by atoms with E-state index in [9.17, 15) is 4.79 Å². The van der Waals surface area contributed by atoms with Gasteiger partial charge in [0, 0.05) is 12.1 Å². The van der Waals surface area contributed by atoms with Crippen molar-refractivity contribution in [3.63, 3.8) is 0 Å². The minimum atomic E-state index is 0.122. The molecule has 0 fully saturated rings. The smallest absolute Gasteiger partial charge is 0.184 e. The SMILES string of the molecule is C=C(C=O)/C(N)=N\C(=N/CC)SC. The van der Waals surface area contributed by atoms with E-state index in [0.29, 0.717) is 18.0 Å². The Morgan fingerprint density at radius 1 is 1.69 bits per heavy atom.